The number of nitro groups is 1. The quantitative estimate of drug-likeness (QED) is 0.519. The van der Waals surface area contributed by atoms with Crippen LogP contribution in [0.2, 0.25) is 0 Å². The minimum Gasteiger partial charge on any atom is -0.490 e. The number of anilines is 1. The zero-order valence-electron chi connectivity index (χ0n) is 12.9. The lowest BCUT2D eigenvalue weighted by molar-refractivity contribution is -0.385. The minimum atomic E-state index is -0.515. The van der Waals surface area contributed by atoms with Crippen molar-refractivity contribution >= 4 is 17.3 Å². The molecule has 0 aliphatic carbocycles. The van der Waals surface area contributed by atoms with E-state index in [0.29, 0.717) is 16.8 Å². The molecule has 1 amide bonds. The van der Waals surface area contributed by atoms with Gasteiger partial charge in [0.15, 0.2) is 5.75 Å². The molecule has 0 atom stereocenters. The number of nitro benzene ring substituents is 1. The van der Waals surface area contributed by atoms with Crippen LogP contribution in [0.5, 0.6) is 5.75 Å². The number of methoxy groups -OCH3 is 1. The van der Waals surface area contributed by atoms with Gasteiger partial charge in [0.05, 0.1) is 17.6 Å². The number of carbonyl (C=O) groups is 1. The van der Waals surface area contributed by atoms with Gasteiger partial charge in [-0.3, -0.25) is 14.9 Å². The topological polar surface area (TPSA) is 98.7 Å². The molecule has 0 bridgehead atoms. The zero-order chi connectivity index (χ0) is 17.0. The van der Waals surface area contributed by atoms with Crippen molar-refractivity contribution in [2.75, 3.05) is 19.9 Å². The standard InChI is InChI=1S/C16H17N3O4/c1-18(16(20)12-5-3-4-6-13(12)17)10-11-7-8-15(23-2)14(9-11)19(21)22/h3-9H,10,17H2,1-2H3. The van der Waals surface area contributed by atoms with Crippen molar-refractivity contribution in [1.29, 1.82) is 0 Å². The number of nitrogen functional groups attached to an aromatic ring is 1. The summed E-state index contributed by atoms with van der Waals surface area (Å²) in [4.78, 5) is 24.4. The number of nitrogens with zero attached hydrogens (tertiary/aromatic N) is 2. The van der Waals surface area contributed by atoms with Gasteiger partial charge in [-0.05, 0) is 23.8 Å². The van der Waals surface area contributed by atoms with Gasteiger partial charge in [-0.2, -0.15) is 0 Å². The predicted octanol–water partition coefficient (Wildman–Crippen LogP) is 2.46. The molecule has 0 aliphatic heterocycles. The summed E-state index contributed by atoms with van der Waals surface area (Å²) >= 11 is 0. The Morgan fingerprint density at radius 1 is 1.30 bits per heavy atom. The van der Waals surface area contributed by atoms with E-state index in [1.807, 2.05) is 0 Å². The molecule has 2 rings (SSSR count). The number of carbonyl (C=O) groups excluding carboxylic acids is 1. The second-order valence-corrected chi connectivity index (χ2v) is 5.01. The van der Waals surface area contributed by atoms with E-state index in [1.165, 1.54) is 24.1 Å². The molecule has 2 N–H and O–H groups in total. The molecule has 0 spiro atoms. The Bertz CT molecular complexity index is 746. The number of hydrogen-bond acceptors (Lipinski definition) is 5. The van der Waals surface area contributed by atoms with Crippen LogP contribution in [0, 0.1) is 10.1 Å². The maximum atomic E-state index is 12.4. The van der Waals surface area contributed by atoms with E-state index in [-0.39, 0.29) is 23.9 Å². The van der Waals surface area contributed by atoms with Crippen LogP contribution in [0.1, 0.15) is 15.9 Å². The highest BCUT2D eigenvalue weighted by Crippen LogP contribution is 2.28. The summed E-state index contributed by atoms with van der Waals surface area (Å²) in [5.41, 5.74) is 7.09. The van der Waals surface area contributed by atoms with Crippen molar-refractivity contribution in [1.82, 2.24) is 4.90 Å². The smallest absolute Gasteiger partial charge is 0.311 e. The summed E-state index contributed by atoms with van der Waals surface area (Å²) in [7, 11) is 2.99. The van der Waals surface area contributed by atoms with Gasteiger partial charge < -0.3 is 15.4 Å². The van der Waals surface area contributed by atoms with E-state index in [2.05, 4.69) is 0 Å². The molecule has 2 aromatic carbocycles. The molecule has 23 heavy (non-hydrogen) atoms. The Morgan fingerprint density at radius 3 is 2.61 bits per heavy atom. The van der Waals surface area contributed by atoms with Gasteiger partial charge in [0.1, 0.15) is 0 Å². The number of nitrogens with two attached hydrogens (primary N) is 1. The molecular weight excluding hydrogens is 298 g/mol. The molecule has 0 heterocycles. The molecule has 0 saturated heterocycles. The predicted molar refractivity (Wildman–Crippen MR) is 86.3 cm³/mol. The van der Waals surface area contributed by atoms with Crippen LogP contribution in [-0.2, 0) is 6.54 Å². The van der Waals surface area contributed by atoms with E-state index in [1.54, 1.807) is 37.4 Å². The van der Waals surface area contributed by atoms with Crippen LogP contribution in [0.15, 0.2) is 42.5 Å². The van der Waals surface area contributed by atoms with Crippen LogP contribution in [0.25, 0.3) is 0 Å². The van der Waals surface area contributed by atoms with Gasteiger partial charge in [-0.25, -0.2) is 0 Å². The van der Waals surface area contributed by atoms with Crippen molar-refractivity contribution in [3.05, 3.63) is 63.7 Å². The summed E-state index contributed by atoms with van der Waals surface area (Å²) in [6.45, 7) is 0.220. The second kappa shape index (κ2) is 6.78. The number of para-hydroxylation sites is 1. The zero-order valence-corrected chi connectivity index (χ0v) is 12.9. The van der Waals surface area contributed by atoms with Crippen LogP contribution in [-0.4, -0.2) is 29.9 Å². The number of hydrogen-bond donors (Lipinski definition) is 1. The van der Waals surface area contributed by atoms with Crippen molar-refractivity contribution in [3.63, 3.8) is 0 Å². The third-order valence-corrected chi connectivity index (χ3v) is 3.40. The van der Waals surface area contributed by atoms with Gasteiger partial charge in [-0.15, -0.1) is 0 Å². The SMILES string of the molecule is COc1ccc(CN(C)C(=O)c2ccccc2N)cc1[N+](=O)[O-]. The van der Waals surface area contributed by atoms with Crippen LogP contribution >= 0.6 is 0 Å². The average Bonchev–Trinajstić information content (AvgIpc) is 2.54. The van der Waals surface area contributed by atoms with E-state index in [4.69, 9.17) is 10.5 Å². The monoisotopic (exact) mass is 315 g/mol. The Morgan fingerprint density at radius 2 is 2.00 bits per heavy atom. The minimum absolute atomic E-state index is 0.134. The Labute approximate surface area is 133 Å². The van der Waals surface area contributed by atoms with Crippen molar-refractivity contribution in [2.45, 2.75) is 6.54 Å². The van der Waals surface area contributed by atoms with Crippen molar-refractivity contribution < 1.29 is 14.5 Å². The average molecular weight is 315 g/mol. The third-order valence-electron chi connectivity index (χ3n) is 3.40. The fourth-order valence-electron chi connectivity index (χ4n) is 2.22. The number of benzene rings is 2. The van der Waals surface area contributed by atoms with Gasteiger partial charge in [0.2, 0.25) is 0 Å². The molecular formula is C16H17N3O4. The Kier molecular flexibility index (Phi) is 4.80. The first-order chi connectivity index (χ1) is 10.9. The third kappa shape index (κ3) is 3.57. The first-order valence-electron chi connectivity index (χ1n) is 6.85. The highest BCUT2D eigenvalue weighted by atomic mass is 16.6. The Hall–Kier alpha value is -3.09. The first-order valence-corrected chi connectivity index (χ1v) is 6.85. The molecule has 0 radical (unpaired) electrons. The first kappa shape index (κ1) is 16.3. The van der Waals surface area contributed by atoms with E-state index in [9.17, 15) is 14.9 Å². The molecule has 0 unspecified atom stereocenters. The van der Waals surface area contributed by atoms with Gasteiger partial charge in [-0.1, -0.05) is 18.2 Å². The number of amides is 1. The largest absolute Gasteiger partial charge is 0.490 e. The maximum absolute atomic E-state index is 12.4. The lowest BCUT2D eigenvalue weighted by Gasteiger charge is -2.18. The lowest BCUT2D eigenvalue weighted by Crippen LogP contribution is -2.27. The van der Waals surface area contributed by atoms with E-state index in [0.717, 1.165) is 0 Å². The summed E-state index contributed by atoms with van der Waals surface area (Å²) in [5.74, 6) is -0.0680. The number of rotatable bonds is 5. The molecule has 0 saturated carbocycles. The molecule has 0 aromatic heterocycles. The molecule has 2 aromatic rings. The normalized spacial score (nSPS) is 10.2. The summed E-state index contributed by atoms with van der Waals surface area (Å²) < 4.78 is 4.96. The van der Waals surface area contributed by atoms with Gasteiger partial charge >= 0.3 is 5.69 Å². The molecule has 0 fully saturated rings. The van der Waals surface area contributed by atoms with E-state index >= 15 is 0 Å². The fraction of sp³-hybridized carbons (Fsp3) is 0.188. The van der Waals surface area contributed by atoms with Crippen LogP contribution < -0.4 is 10.5 Å². The van der Waals surface area contributed by atoms with Gasteiger partial charge in [0.25, 0.3) is 5.91 Å². The number of ether oxygens (including phenoxy) is 1. The highest BCUT2D eigenvalue weighted by molar-refractivity contribution is 5.98. The van der Waals surface area contributed by atoms with E-state index < -0.39 is 4.92 Å². The summed E-state index contributed by atoms with van der Waals surface area (Å²) in [6.07, 6.45) is 0. The van der Waals surface area contributed by atoms with Crippen molar-refractivity contribution in [2.24, 2.45) is 0 Å². The molecule has 7 nitrogen and oxygen atoms in total. The van der Waals surface area contributed by atoms with Crippen molar-refractivity contribution in [3.8, 4) is 5.75 Å². The fourth-order valence-corrected chi connectivity index (χ4v) is 2.22. The lowest BCUT2D eigenvalue weighted by atomic mass is 10.1. The second-order valence-electron chi connectivity index (χ2n) is 5.01. The molecule has 120 valence electrons. The summed E-state index contributed by atoms with van der Waals surface area (Å²) in [5, 5.41) is 11.0. The van der Waals surface area contributed by atoms with Gasteiger partial charge in [0, 0.05) is 25.3 Å². The Balaban J connectivity index is 2.22. The highest BCUT2D eigenvalue weighted by Gasteiger charge is 2.18. The molecule has 7 heteroatoms. The van der Waals surface area contributed by atoms with Crippen LogP contribution in [0.3, 0.4) is 0 Å². The van der Waals surface area contributed by atoms with Crippen LogP contribution in [0.4, 0.5) is 11.4 Å². The molecule has 0 aliphatic rings. The summed E-state index contributed by atoms with van der Waals surface area (Å²) in [6, 6.07) is 11.4. The maximum Gasteiger partial charge on any atom is 0.311 e.